The van der Waals surface area contributed by atoms with E-state index in [0.717, 1.165) is 41.2 Å². The lowest BCUT2D eigenvalue weighted by Gasteiger charge is -2.22. The van der Waals surface area contributed by atoms with Gasteiger partial charge < -0.3 is 17.3 Å². The number of rotatable bonds is 4. The summed E-state index contributed by atoms with van der Waals surface area (Å²) in [6.45, 7) is 12.9. The van der Waals surface area contributed by atoms with Gasteiger partial charge in [-0.2, -0.15) is 0 Å². The lowest BCUT2D eigenvalue weighted by Crippen LogP contribution is -3.00. The molecule has 0 aliphatic heterocycles. The average Bonchev–Trinajstić information content (AvgIpc) is 2.62. The van der Waals surface area contributed by atoms with Gasteiger partial charge in [0.1, 0.15) is 5.82 Å². The van der Waals surface area contributed by atoms with Crippen LogP contribution in [-0.2, 0) is 5.41 Å². The molecule has 3 aromatic rings. The zero-order valence-corrected chi connectivity index (χ0v) is 17.0. The highest BCUT2D eigenvalue weighted by Gasteiger charge is 2.16. The normalized spacial score (nSPS) is 11.3. The summed E-state index contributed by atoms with van der Waals surface area (Å²) in [7, 11) is 0. The van der Waals surface area contributed by atoms with Crippen molar-refractivity contribution in [2.24, 2.45) is 0 Å². The molecule has 0 aliphatic rings. The minimum absolute atomic E-state index is 0. The number of halogens is 1. The van der Waals surface area contributed by atoms with Crippen LogP contribution in [0.3, 0.4) is 0 Å². The summed E-state index contributed by atoms with van der Waals surface area (Å²) < 4.78 is 0. The fourth-order valence-electron chi connectivity index (χ4n) is 3.07. The Morgan fingerprint density at radius 1 is 0.846 bits per heavy atom. The fraction of sp³-hybridized carbons (Fsp3) is 0.364. The van der Waals surface area contributed by atoms with Crippen LogP contribution in [-0.4, -0.2) is 23.1 Å². The molecule has 1 aromatic heterocycles. The summed E-state index contributed by atoms with van der Waals surface area (Å²) in [5.74, 6) is 1.81. The first-order valence-corrected chi connectivity index (χ1v) is 9.06. The summed E-state index contributed by atoms with van der Waals surface area (Å²) in [6, 6.07) is 16.9. The van der Waals surface area contributed by atoms with Crippen molar-refractivity contribution in [2.45, 2.75) is 40.0 Å². The summed E-state index contributed by atoms with van der Waals surface area (Å²) >= 11 is 0. The van der Waals surface area contributed by atoms with Crippen LogP contribution in [0.15, 0.2) is 48.5 Å². The molecule has 0 N–H and O–H groups in total. The zero-order valence-electron chi connectivity index (χ0n) is 16.3. The number of benzene rings is 2. The first-order chi connectivity index (χ1) is 11.9. The zero-order chi connectivity index (χ0) is 18.0. The second kappa shape index (κ2) is 8.05. The first kappa shape index (κ1) is 20.2. The second-order valence-electron chi connectivity index (χ2n) is 7.39. The van der Waals surface area contributed by atoms with Crippen LogP contribution in [0.4, 0.5) is 5.82 Å². The summed E-state index contributed by atoms with van der Waals surface area (Å²) in [5, 5.41) is 1.11. The molecule has 138 valence electrons. The van der Waals surface area contributed by atoms with E-state index in [-0.39, 0.29) is 17.8 Å². The van der Waals surface area contributed by atoms with Crippen molar-refractivity contribution in [1.29, 1.82) is 0 Å². The van der Waals surface area contributed by atoms with Gasteiger partial charge in [-0.15, -0.1) is 0 Å². The van der Waals surface area contributed by atoms with Crippen molar-refractivity contribution in [3.8, 4) is 11.4 Å². The summed E-state index contributed by atoms with van der Waals surface area (Å²) in [6.07, 6.45) is 0. The number of aromatic nitrogens is 2. The fourth-order valence-corrected chi connectivity index (χ4v) is 3.07. The Morgan fingerprint density at radius 2 is 1.46 bits per heavy atom. The van der Waals surface area contributed by atoms with Gasteiger partial charge in [0.05, 0.1) is 5.52 Å². The number of para-hydroxylation sites is 1. The minimum atomic E-state index is 0. The monoisotopic (exact) mass is 368 g/mol. The maximum absolute atomic E-state index is 4.92. The molecule has 3 nitrogen and oxygen atoms in total. The highest BCUT2D eigenvalue weighted by atomic mass is 35.5. The molecular formula is C22H27ClN3-. The molecule has 0 amide bonds. The lowest BCUT2D eigenvalue weighted by atomic mass is 9.87. The van der Waals surface area contributed by atoms with E-state index in [1.807, 2.05) is 6.07 Å². The first-order valence-electron chi connectivity index (χ1n) is 9.06. The van der Waals surface area contributed by atoms with Gasteiger partial charge >= 0.3 is 0 Å². The molecule has 0 bridgehead atoms. The van der Waals surface area contributed by atoms with E-state index < -0.39 is 0 Å². The number of fused-ring (bicyclic) bond motifs is 1. The van der Waals surface area contributed by atoms with Crippen molar-refractivity contribution >= 4 is 16.7 Å². The molecule has 0 radical (unpaired) electrons. The standard InChI is InChI=1S/C22H27N3.ClH/c1-6-25(7-2)21-18-10-8-9-11-19(18)23-20(24-21)16-12-14-17(15-13-16)22(3,4)5;/h8-15H,6-7H2,1-5H3;1H/p-1. The summed E-state index contributed by atoms with van der Waals surface area (Å²) in [4.78, 5) is 12.0. The van der Waals surface area contributed by atoms with Gasteiger partial charge in [0.2, 0.25) is 0 Å². The van der Waals surface area contributed by atoms with Crippen molar-refractivity contribution in [1.82, 2.24) is 9.97 Å². The van der Waals surface area contributed by atoms with Crippen molar-refractivity contribution in [2.75, 3.05) is 18.0 Å². The Balaban J connectivity index is 0.00000243. The minimum Gasteiger partial charge on any atom is -1.00 e. The van der Waals surface area contributed by atoms with Crippen LogP contribution in [0.5, 0.6) is 0 Å². The van der Waals surface area contributed by atoms with E-state index >= 15 is 0 Å². The Labute approximate surface area is 162 Å². The van der Waals surface area contributed by atoms with Crippen LogP contribution in [0.25, 0.3) is 22.3 Å². The van der Waals surface area contributed by atoms with Gasteiger partial charge in [0, 0.05) is 24.0 Å². The highest BCUT2D eigenvalue weighted by molar-refractivity contribution is 5.91. The van der Waals surface area contributed by atoms with E-state index in [4.69, 9.17) is 9.97 Å². The smallest absolute Gasteiger partial charge is 0.162 e. The van der Waals surface area contributed by atoms with Crippen LogP contribution in [0.2, 0.25) is 0 Å². The molecule has 0 unspecified atom stereocenters. The van der Waals surface area contributed by atoms with Gasteiger partial charge in [-0.3, -0.25) is 0 Å². The number of hydrogen-bond acceptors (Lipinski definition) is 3. The molecule has 2 aromatic carbocycles. The van der Waals surface area contributed by atoms with E-state index in [1.54, 1.807) is 0 Å². The third-order valence-corrected chi connectivity index (χ3v) is 4.66. The van der Waals surface area contributed by atoms with Crippen LogP contribution < -0.4 is 17.3 Å². The Bertz CT molecular complexity index is 863. The molecule has 4 heteroatoms. The molecular weight excluding hydrogens is 342 g/mol. The van der Waals surface area contributed by atoms with Gasteiger partial charge in [-0.25, -0.2) is 9.97 Å². The molecule has 1 heterocycles. The molecule has 26 heavy (non-hydrogen) atoms. The van der Waals surface area contributed by atoms with Crippen molar-refractivity contribution in [3.63, 3.8) is 0 Å². The van der Waals surface area contributed by atoms with E-state index in [1.165, 1.54) is 5.56 Å². The molecule has 0 fully saturated rings. The predicted molar refractivity (Wildman–Crippen MR) is 107 cm³/mol. The lowest BCUT2D eigenvalue weighted by molar-refractivity contribution is -0.00000571. The topological polar surface area (TPSA) is 29.0 Å². The maximum Gasteiger partial charge on any atom is 0.162 e. The quantitative estimate of drug-likeness (QED) is 0.708. The molecule has 0 spiro atoms. The Kier molecular flexibility index (Phi) is 6.25. The SMILES string of the molecule is CCN(CC)c1nc(-c2ccc(C(C)(C)C)cc2)nc2ccccc12.[Cl-]. The predicted octanol–water partition coefficient (Wildman–Crippen LogP) is 2.44. The highest BCUT2D eigenvalue weighted by Crippen LogP contribution is 2.29. The van der Waals surface area contributed by atoms with Crippen LogP contribution in [0.1, 0.15) is 40.2 Å². The van der Waals surface area contributed by atoms with E-state index in [0.29, 0.717) is 0 Å². The molecule has 0 saturated carbocycles. The van der Waals surface area contributed by atoms with Gasteiger partial charge in [0.25, 0.3) is 0 Å². The molecule has 0 aliphatic carbocycles. The number of nitrogens with zero attached hydrogens (tertiary/aromatic N) is 3. The van der Waals surface area contributed by atoms with Crippen LogP contribution >= 0.6 is 0 Å². The van der Waals surface area contributed by atoms with E-state index in [2.05, 4.69) is 82.0 Å². The Hall–Kier alpha value is -2.13. The molecule has 0 atom stereocenters. The third kappa shape index (κ3) is 3.99. The average molecular weight is 369 g/mol. The summed E-state index contributed by atoms with van der Waals surface area (Å²) in [5.41, 5.74) is 3.53. The largest absolute Gasteiger partial charge is 1.00 e. The Morgan fingerprint density at radius 3 is 2.04 bits per heavy atom. The van der Waals surface area contributed by atoms with Crippen molar-refractivity contribution < 1.29 is 12.4 Å². The molecule has 0 saturated heterocycles. The third-order valence-electron chi connectivity index (χ3n) is 4.66. The molecule has 3 rings (SSSR count). The van der Waals surface area contributed by atoms with Gasteiger partial charge in [0.15, 0.2) is 5.82 Å². The second-order valence-corrected chi connectivity index (χ2v) is 7.39. The maximum atomic E-state index is 4.92. The van der Waals surface area contributed by atoms with Gasteiger partial charge in [-0.05, 0) is 37.0 Å². The van der Waals surface area contributed by atoms with Gasteiger partial charge in [-0.1, -0.05) is 57.2 Å². The van der Waals surface area contributed by atoms with E-state index in [9.17, 15) is 0 Å². The number of anilines is 1. The number of hydrogen-bond donors (Lipinski definition) is 0. The van der Waals surface area contributed by atoms with Crippen LogP contribution in [0, 0.1) is 0 Å². The van der Waals surface area contributed by atoms with Crippen molar-refractivity contribution in [3.05, 3.63) is 54.1 Å².